The molecular formula is C25H30N2O6. The molecule has 2 atom stereocenters. The highest BCUT2D eigenvalue weighted by molar-refractivity contribution is 5.85. The summed E-state index contributed by atoms with van der Waals surface area (Å²) >= 11 is 0. The van der Waals surface area contributed by atoms with Gasteiger partial charge in [-0.05, 0) is 43.0 Å². The van der Waals surface area contributed by atoms with Crippen LogP contribution in [0.5, 0.6) is 0 Å². The SMILES string of the molecule is COC(C)C(NC(=O)CC(C)(C)NC(=O)OCC1c2ccccc2-c2ccccc21)C(=O)O. The lowest BCUT2D eigenvalue weighted by Crippen LogP contribution is -2.52. The molecule has 1 aliphatic rings. The minimum Gasteiger partial charge on any atom is -0.480 e. The number of aliphatic carboxylic acids is 1. The molecule has 0 aromatic heterocycles. The summed E-state index contributed by atoms with van der Waals surface area (Å²) in [4.78, 5) is 36.3. The molecule has 0 saturated carbocycles. The molecule has 0 heterocycles. The van der Waals surface area contributed by atoms with E-state index in [9.17, 15) is 19.5 Å². The molecule has 8 heteroatoms. The standard InChI is InChI=1S/C25H30N2O6/c1-15(32-4)22(23(29)30)26-21(28)13-25(2,3)27-24(31)33-14-20-18-11-7-5-9-16(18)17-10-6-8-12-19(17)20/h5-12,15,20,22H,13-14H2,1-4H3,(H,26,28)(H,27,31)(H,29,30). The van der Waals surface area contributed by atoms with Gasteiger partial charge in [0, 0.05) is 25.0 Å². The molecule has 2 aromatic carbocycles. The molecule has 0 fully saturated rings. The van der Waals surface area contributed by atoms with E-state index in [1.165, 1.54) is 7.11 Å². The number of amides is 2. The Morgan fingerprint density at radius 3 is 2.09 bits per heavy atom. The predicted molar refractivity (Wildman–Crippen MR) is 123 cm³/mol. The summed E-state index contributed by atoms with van der Waals surface area (Å²) in [5.74, 6) is -1.78. The van der Waals surface area contributed by atoms with Gasteiger partial charge in [0.1, 0.15) is 6.61 Å². The monoisotopic (exact) mass is 454 g/mol. The van der Waals surface area contributed by atoms with Crippen LogP contribution in [0, 0.1) is 0 Å². The van der Waals surface area contributed by atoms with E-state index in [4.69, 9.17) is 9.47 Å². The van der Waals surface area contributed by atoms with Gasteiger partial charge in [-0.3, -0.25) is 4.79 Å². The number of hydrogen-bond donors (Lipinski definition) is 3. The molecule has 2 aromatic rings. The molecule has 8 nitrogen and oxygen atoms in total. The molecule has 0 bridgehead atoms. The van der Waals surface area contributed by atoms with Crippen molar-refractivity contribution in [3.8, 4) is 11.1 Å². The van der Waals surface area contributed by atoms with Crippen molar-refractivity contribution >= 4 is 18.0 Å². The molecule has 0 saturated heterocycles. The largest absolute Gasteiger partial charge is 0.480 e. The van der Waals surface area contributed by atoms with Crippen LogP contribution in [0.4, 0.5) is 4.79 Å². The van der Waals surface area contributed by atoms with Gasteiger partial charge in [0.05, 0.1) is 6.10 Å². The predicted octanol–water partition coefficient (Wildman–Crippen LogP) is 3.30. The molecule has 0 spiro atoms. The number of rotatable bonds is 9. The number of carboxylic acids is 1. The Balaban J connectivity index is 1.58. The molecule has 176 valence electrons. The Bertz CT molecular complexity index is 990. The summed E-state index contributed by atoms with van der Waals surface area (Å²) < 4.78 is 10.6. The van der Waals surface area contributed by atoms with Crippen LogP contribution in [-0.2, 0) is 19.1 Å². The van der Waals surface area contributed by atoms with Crippen LogP contribution >= 0.6 is 0 Å². The molecule has 33 heavy (non-hydrogen) atoms. The third kappa shape index (κ3) is 5.70. The van der Waals surface area contributed by atoms with E-state index in [1.807, 2.05) is 36.4 Å². The number of nitrogens with one attached hydrogen (secondary N) is 2. The zero-order valence-electron chi connectivity index (χ0n) is 19.3. The van der Waals surface area contributed by atoms with Crippen LogP contribution in [0.2, 0.25) is 0 Å². The smallest absolute Gasteiger partial charge is 0.407 e. The number of methoxy groups -OCH3 is 1. The molecule has 0 radical (unpaired) electrons. The van der Waals surface area contributed by atoms with Crippen molar-refractivity contribution in [2.45, 2.75) is 50.8 Å². The lowest BCUT2D eigenvalue weighted by atomic mass is 9.98. The number of benzene rings is 2. The minimum absolute atomic E-state index is 0.0681. The highest BCUT2D eigenvalue weighted by Crippen LogP contribution is 2.44. The molecule has 3 N–H and O–H groups in total. The Morgan fingerprint density at radius 2 is 1.58 bits per heavy atom. The maximum absolute atomic E-state index is 12.5. The van der Waals surface area contributed by atoms with Crippen LogP contribution in [0.3, 0.4) is 0 Å². The fourth-order valence-corrected chi connectivity index (χ4v) is 4.10. The molecule has 2 amide bonds. The fraction of sp³-hybridized carbons (Fsp3) is 0.400. The van der Waals surface area contributed by atoms with E-state index in [0.717, 1.165) is 22.3 Å². The van der Waals surface area contributed by atoms with Gasteiger partial charge in [-0.2, -0.15) is 0 Å². The first-order valence-electron chi connectivity index (χ1n) is 10.8. The number of ether oxygens (including phenoxy) is 2. The molecular weight excluding hydrogens is 424 g/mol. The third-order valence-electron chi connectivity index (χ3n) is 5.81. The molecule has 3 rings (SSSR count). The van der Waals surface area contributed by atoms with Crippen molar-refractivity contribution in [1.82, 2.24) is 10.6 Å². The van der Waals surface area contributed by atoms with Crippen molar-refractivity contribution in [3.63, 3.8) is 0 Å². The van der Waals surface area contributed by atoms with Crippen LogP contribution in [0.1, 0.15) is 44.2 Å². The first-order chi connectivity index (χ1) is 15.6. The summed E-state index contributed by atoms with van der Waals surface area (Å²) in [5, 5.41) is 14.4. The zero-order valence-corrected chi connectivity index (χ0v) is 19.3. The Kier molecular flexibility index (Phi) is 7.38. The second-order valence-corrected chi connectivity index (χ2v) is 8.84. The van der Waals surface area contributed by atoms with E-state index >= 15 is 0 Å². The van der Waals surface area contributed by atoms with E-state index in [2.05, 4.69) is 22.8 Å². The van der Waals surface area contributed by atoms with E-state index in [1.54, 1.807) is 20.8 Å². The maximum atomic E-state index is 12.5. The van der Waals surface area contributed by atoms with Gasteiger partial charge in [-0.15, -0.1) is 0 Å². The lowest BCUT2D eigenvalue weighted by Gasteiger charge is -2.27. The van der Waals surface area contributed by atoms with Crippen molar-refractivity contribution in [2.24, 2.45) is 0 Å². The number of carboxylic acid groups (broad SMARTS) is 1. The van der Waals surface area contributed by atoms with Gasteiger partial charge in [0.25, 0.3) is 0 Å². The first-order valence-corrected chi connectivity index (χ1v) is 10.8. The Morgan fingerprint density at radius 1 is 1.03 bits per heavy atom. The highest BCUT2D eigenvalue weighted by atomic mass is 16.5. The van der Waals surface area contributed by atoms with Gasteiger partial charge in [-0.25, -0.2) is 9.59 Å². The Labute approximate surface area is 193 Å². The van der Waals surface area contributed by atoms with Crippen molar-refractivity contribution in [1.29, 1.82) is 0 Å². The summed E-state index contributed by atoms with van der Waals surface area (Å²) in [7, 11) is 1.37. The summed E-state index contributed by atoms with van der Waals surface area (Å²) in [5.41, 5.74) is 3.54. The van der Waals surface area contributed by atoms with Gasteiger partial charge in [0.2, 0.25) is 5.91 Å². The summed E-state index contributed by atoms with van der Waals surface area (Å²) in [6, 6.07) is 14.9. The molecule has 2 unspecified atom stereocenters. The number of alkyl carbamates (subject to hydrolysis) is 1. The average molecular weight is 455 g/mol. The van der Waals surface area contributed by atoms with Crippen LogP contribution in [0.15, 0.2) is 48.5 Å². The third-order valence-corrected chi connectivity index (χ3v) is 5.81. The van der Waals surface area contributed by atoms with E-state index in [0.29, 0.717) is 0 Å². The van der Waals surface area contributed by atoms with Gasteiger partial charge in [0.15, 0.2) is 6.04 Å². The normalized spacial score (nSPS) is 14.5. The number of carbonyl (C=O) groups excluding carboxylic acids is 2. The number of fused-ring (bicyclic) bond motifs is 3. The quantitative estimate of drug-likeness (QED) is 0.536. The van der Waals surface area contributed by atoms with E-state index < -0.39 is 35.7 Å². The fourth-order valence-electron chi connectivity index (χ4n) is 4.10. The minimum atomic E-state index is -1.19. The van der Waals surface area contributed by atoms with Crippen molar-refractivity contribution in [3.05, 3.63) is 59.7 Å². The topological polar surface area (TPSA) is 114 Å². The van der Waals surface area contributed by atoms with Crippen molar-refractivity contribution < 1.29 is 29.0 Å². The average Bonchev–Trinajstić information content (AvgIpc) is 3.08. The van der Waals surface area contributed by atoms with Crippen LogP contribution in [-0.4, -0.2) is 54.5 Å². The van der Waals surface area contributed by atoms with Crippen LogP contribution in [0.25, 0.3) is 11.1 Å². The Hall–Kier alpha value is -3.39. The van der Waals surface area contributed by atoms with Crippen molar-refractivity contribution in [2.75, 3.05) is 13.7 Å². The number of carbonyl (C=O) groups is 3. The van der Waals surface area contributed by atoms with Gasteiger partial charge >= 0.3 is 12.1 Å². The first kappa shape index (κ1) is 24.3. The maximum Gasteiger partial charge on any atom is 0.407 e. The number of hydrogen-bond acceptors (Lipinski definition) is 5. The van der Waals surface area contributed by atoms with Gasteiger partial charge < -0.3 is 25.2 Å². The summed E-state index contributed by atoms with van der Waals surface area (Å²) in [6.45, 7) is 5.06. The van der Waals surface area contributed by atoms with E-state index in [-0.39, 0.29) is 18.9 Å². The second kappa shape index (κ2) is 10.0. The summed E-state index contributed by atoms with van der Waals surface area (Å²) in [6.07, 6.45) is -1.48. The lowest BCUT2D eigenvalue weighted by molar-refractivity contribution is -0.145. The zero-order chi connectivity index (χ0) is 24.2. The second-order valence-electron chi connectivity index (χ2n) is 8.84. The molecule has 0 aliphatic heterocycles. The highest BCUT2D eigenvalue weighted by Gasteiger charge is 2.32. The van der Waals surface area contributed by atoms with Crippen LogP contribution < -0.4 is 10.6 Å². The van der Waals surface area contributed by atoms with Gasteiger partial charge in [-0.1, -0.05) is 48.5 Å². The molecule has 1 aliphatic carbocycles.